The lowest BCUT2D eigenvalue weighted by Gasteiger charge is -2.44. The number of halogens is 1. The van der Waals surface area contributed by atoms with Crippen LogP contribution in [0.25, 0.3) is 0 Å². The summed E-state index contributed by atoms with van der Waals surface area (Å²) in [6, 6.07) is 0. The van der Waals surface area contributed by atoms with Crippen molar-refractivity contribution in [1.29, 1.82) is 0 Å². The third-order valence-corrected chi connectivity index (χ3v) is 9.71. The number of hydrogen-bond donors (Lipinski definition) is 0. The van der Waals surface area contributed by atoms with E-state index in [1.807, 2.05) is 0 Å². The first kappa shape index (κ1) is 11.6. The first-order valence-corrected chi connectivity index (χ1v) is 6.97. The highest BCUT2D eigenvalue weighted by molar-refractivity contribution is 8.52. The first-order chi connectivity index (χ1) is 4.83. The van der Waals surface area contributed by atoms with Gasteiger partial charge in [0, 0.05) is 0 Å². The molecule has 0 nitrogen and oxygen atoms in total. The Labute approximate surface area is 77.5 Å². The van der Waals surface area contributed by atoms with Gasteiger partial charge in [-0.15, -0.1) is 0 Å². The molecule has 0 saturated heterocycles. The molecule has 0 atom stereocenters. The fourth-order valence-electron chi connectivity index (χ4n) is 1.63. The Balaban J connectivity index is 4.53. The summed E-state index contributed by atoms with van der Waals surface area (Å²) in [7, 11) is 5.71. The van der Waals surface area contributed by atoms with Crippen molar-refractivity contribution in [1.82, 2.24) is 0 Å². The lowest BCUT2D eigenvalue weighted by Crippen LogP contribution is -2.23. The molecule has 2 heteroatoms. The zero-order valence-electron chi connectivity index (χ0n) is 8.52. The first-order valence-electron chi connectivity index (χ1n) is 4.33. The molecule has 11 heavy (non-hydrogen) atoms. The van der Waals surface area contributed by atoms with E-state index >= 15 is 0 Å². The Bertz CT molecular complexity index is 97.0. The van der Waals surface area contributed by atoms with Gasteiger partial charge in [-0.1, -0.05) is 52.2 Å². The molecule has 0 aliphatic rings. The summed E-state index contributed by atoms with van der Waals surface area (Å²) < 4.78 is 0. The predicted octanol–water partition coefficient (Wildman–Crippen LogP) is 4.17. The van der Waals surface area contributed by atoms with Crippen LogP contribution in [0.2, 0.25) is 0 Å². The van der Waals surface area contributed by atoms with E-state index in [1.54, 1.807) is 0 Å². The number of rotatable bonds is 3. The van der Waals surface area contributed by atoms with E-state index in [4.69, 9.17) is 10.7 Å². The van der Waals surface area contributed by atoms with Gasteiger partial charge >= 0.3 is 0 Å². The van der Waals surface area contributed by atoms with Gasteiger partial charge < -0.3 is 0 Å². The van der Waals surface area contributed by atoms with Gasteiger partial charge in [0.2, 0.25) is 0 Å². The Morgan fingerprint density at radius 2 is 0.909 bits per heavy atom. The van der Waals surface area contributed by atoms with E-state index in [9.17, 15) is 0 Å². The molecule has 0 aromatic carbocycles. The second kappa shape index (κ2) is 4.04. The van der Waals surface area contributed by atoms with Crippen molar-refractivity contribution in [3.63, 3.8) is 0 Å². The van der Waals surface area contributed by atoms with Crippen molar-refractivity contribution in [3.05, 3.63) is 0 Å². The summed E-state index contributed by atoms with van der Waals surface area (Å²) in [5, 5.41) is 1.89. The third-order valence-electron chi connectivity index (χ3n) is 2.17. The summed E-state index contributed by atoms with van der Waals surface area (Å²) in [6.07, 6.45) is 0. The summed E-state index contributed by atoms with van der Waals surface area (Å²) >= 11 is 0. The maximum atomic E-state index is 6.63. The predicted molar refractivity (Wildman–Crippen MR) is 58.9 cm³/mol. The molecule has 0 saturated carbocycles. The van der Waals surface area contributed by atoms with Crippen molar-refractivity contribution in [2.75, 3.05) is 0 Å². The van der Waals surface area contributed by atoms with Gasteiger partial charge in [-0.2, -0.15) is 9.24 Å². The fourth-order valence-corrected chi connectivity index (χ4v) is 4.90. The van der Waals surface area contributed by atoms with Crippen LogP contribution in [0.5, 0.6) is 0 Å². The van der Waals surface area contributed by atoms with Crippen molar-refractivity contribution in [2.45, 2.75) is 57.3 Å². The smallest absolute Gasteiger partial charge is 0.00379 e. The third kappa shape index (κ3) is 2.29. The highest BCUT2D eigenvalue weighted by Gasteiger charge is 2.32. The average molecular weight is 197 g/mol. The van der Waals surface area contributed by atoms with Gasteiger partial charge in [0.05, 0.1) is 0 Å². The van der Waals surface area contributed by atoms with Crippen LogP contribution in [0.1, 0.15) is 41.5 Å². The Kier molecular flexibility index (Phi) is 4.28. The Morgan fingerprint density at radius 3 is 0.909 bits per heavy atom. The molecular formula is C9H21ClS. The SMILES string of the molecule is CC(C)S(Cl)(C(C)C)C(C)C. The summed E-state index contributed by atoms with van der Waals surface area (Å²) in [4.78, 5) is 0. The monoisotopic (exact) mass is 196 g/mol. The molecule has 70 valence electrons. The van der Waals surface area contributed by atoms with Crippen molar-refractivity contribution >= 4 is 19.9 Å². The van der Waals surface area contributed by atoms with E-state index in [2.05, 4.69) is 41.5 Å². The highest BCUT2D eigenvalue weighted by atomic mass is 35.7. The van der Waals surface area contributed by atoms with Gasteiger partial charge in [-0.05, 0) is 15.7 Å². The summed E-state index contributed by atoms with van der Waals surface area (Å²) in [6.45, 7) is 13.4. The average Bonchev–Trinajstić information content (AvgIpc) is 1.84. The molecule has 0 amide bonds. The zero-order valence-corrected chi connectivity index (χ0v) is 10.1. The molecular weight excluding hydrogens is 176 g/mol. The van der Waals surface area contributed by atoms with Crippen LogP contribution in [0.4, 0.5) is 0 Å². The Hall–Kier alpha value is 0.640. The van der Waals surface area contributed by atoms with Crippen LogP contribution >= 0.6 is 19.9 Å². The quantitative estimate of drug-likeness (QED) is 0.636. The maximum absolute atomic E-state index is 6.63. The minimum atomic E-state index is -0.917. The Morgan fingerprint density at radius 1 is 0.727 bits per heavy atom. The van der Waals surface area contributed by atoms with Crippen molar-refractivity contribution < 1.29 is 0 Å². The molecule has 0 bridgehead atoms. The fraction of sp³-hybridized carbons (Fsp3) is 1.00. The zero-order chi connectivity index (χ0) is 9.23. The number of hydrogen-bond acceptors (Lipinski definition) is 0. The normalized spacial score (nSPS) is 15.1. The van der Waals surface area contributed by atoms with Crippen LogP contribution in [0.15, 0.2) is 0 Å². The molecule has 0 N–H and O–H groups in total. The van der Waals surface area contributed by atoms with Crippen molar-refractivity contribution in [2.24, 2.45) is 0 Å². The van der Waals surface area contributed by atoms with Crippen LogP contribution in [0.3, 0.4) is 0 Å². The van der Waals surface area contributed by atoms with Gasteiger partial charge in [-0.25, -0.2) is 0 Å². The largest absolute Gasteiger partial charge is 0.156 e. The van der Waals surface area contributed by atoms with Crippen LogP contribution < -0.4 is 0 Å². The van der Waals surface area contributed by atoms with Gasteiger partial charge in [-0.3, -0.25) is 0 Å². The molecule has 0 heterocycles. The van der Waals surface area contributed by atoms with Crippen LogP contribution in [-0.2, 0) is 0 Å². The highest BCUT2D eigenvalue weighted by Crippen LogP contribution is 2.64. The molecule has 0 unspecified atom stereocenters. The molecule has 0 aliphatic heterocycles. The van der Waals surface area contributed by atoms with Gasteiger partial charge in [0.25, 0.3) is 0 Å². The lowest BCUT2D eigenvalue weighted by molar-refractivity contribution is 0.965. The summed E-state index contributed by atoms with van der Waals surface area (Å²) in [5.74, 6) is 0. The van der Waals surface area contributed by atoms with E-state index in [0.29, 0.717) is 15.7 Å². The van der Waals surface area contributed by atoms with E-state index in [0.717, 1.165) is 0 Å². The van der Waals surface area contributed by atoms with Crippen LogP contribution in [-0.4, -0.2) is 15.7 Å². The summed E-state index contributed by atoms with van der Waals surface area (Å²) in [5.41, 5.74) is 0. The molecule has 0 spiro atoms. The molecule has 0 aromatic rings. The standard InChI is InChI=1S/C9H21ClS/c1-7(2)11(10,8(3)4)9(5)6/h7-9H,1-6H3. The van der Waals surface area contributed by atoms with Gasteiger partial charge in [0.15, 0.2) is 0 Å². The molecule has 0 aliphatic carbocycles. The van der Waals surface area contributed by atoms with E-state index < -0.39 is 9.24 Å². The topological polar surface area (TPSA) is 0 Å². The van der Waals surface area contributed by atoms with Gasteiger partial charge in [0.1, 0.15) is 0 Å². The lowest BCUT2D eigenvalue weighted by atomic mass is 10.5. The minimum Gasteiger partial charge on any atom is -0.156 e. The van der Waals surface area contributed by atoms with E-state index in [-0.39, 0.29) is 0 Å². The van der Waals surface area contributed by atoms with Crippen LogP contribution in [0, 0.1) is 0 Å². The second-order valence-corrected chi connectivity index (χ2v) is 9.60. The molecule has 0 aromatic heterocycles. The molecule has 0 fully saturated rings. The minimum absolute atomic E-state index is 0.629. The maximum Gasteiger partial charge on any atom is -0.00379 e. The van der Waals surface area contributed by atoms with Crippen molar-refractivity contribution in [3.8, 4) is 0 Å². The second-order valence-electron chi connectivity index (χ2n) is 3.82. The molecule has 0 radical (unpaired) electrons. The molecule has 0 rings (SSSR count). The van der Waals surface area contributed by atoms with E-state index in [1.165, 1.54) is 0 Å².